The zero-order valence-electron chi connectivity index (χ0n) is 10.3. The summed E-state index contributed by atoms with van der Waals surface area (Å²) >= 11 is 0. The minimum Gasteiger partial charge on any atom is -0.406 e. The summed E-state index contributed by atoms with van der Waals surface area (Å²) < 4.78 is 39.8. The van der Waals surface area contributed by atoms with Gasteiger partial charge in [-0.05, 0) is 37.0 Å². The van der Waals surface area contributed by atoms with E-state index in [1.165, 1.54) is 12.1 Å². The Morgan fingerprint density at radius 1 is 1.21 bits per heavy atom. The van der Waals surface area contributed by atoms with Gasteiger partial charge in [0.2, 0.25) is 0 Å². The molecular formula is C14H15F3O2. The molecule has 0 radical (unpaired) electrons. The quantitative estimate of drug-likeness (QED) is 0.852. The maximum atomic E-state index is 12.0. The van der Waals surface area contributed by atoms with Crippen molar-refractivity contribution in [2.45, 2.75) is 37.6 Å². The lowest BCUT2D eigenvalue weighted by Crippen LogP contribution is -2.30. The number of ether oxygens (including phenoxy) is 1. The minimum atomic E-state index is -4.67. The van der Waals surface area contributed by atoms with E-state index in [9.17, 15) is 18.3 Å². The van der Waals surface area contributed by atoms with Gasteiger partial charge in [0.15, 0.2) is 0 Å². The Balaban J connectivity index is 2.02. The van der Waals surface area contributed by atoms with Crippen LogP contribution in [0.5, 0.6) is 5.75 Å². The van der Waals surface area contributed by atoms with Gasteiger partial charge in [-0.3, -0.25) is 0 Å². The normalized spacial score (nSPS) is 23.4. The van der Waals surface area contributed by atoms with Crippen LogP contribution in [0.4, 0.5) is 13.2 Å². The third kappa shape index (κ3) is 4.28. The second-order valence-corrected chi connectivity index (χ2v) is 4.77. The fraction of sp³-hybridized carbons (Fsp3) is 0.429. The van der Waals surface area contributed by atoms with Crippen molar-refractivity contribution in [2.75, 3.05) is 0 Å². The fourth-order valence-corrected chi connectivity index (χ4v) is 2.22. The van der Waals surface area contributed by atoms with Gasteiger partial charge in [0.1, 0.15) is 5.75 Å². The molecular weight excluding hydrogens is 257 g/mol. The van der Waals surface area contributed by atoms with E-state index in [4.69, 9.17) is 0 Å². The van der Waals surface area contributed by atoms with Crippen molar-refractivity contribution < 1.29 is 23.0 Å². The topological polar surface area (TPSA) is 29.5 Å². The van der Waals surface area contributed by atoms with E-state index in [1.54, 1.807) is 18.2 Å². The molecule has 0 aromatic heterocycles. The monoisotopic (exact) mass is 272 g/mol. The van der Waals surface area contributed by atoms with E-state index >= 15 is 0 Å². The molecule has 1 aliphatic rings. The number of hydrogen-bond donors (Lipinski definition) is 1. The lowest BCUT2D eigenvalue weighted by Gasteiger charge is -2.27. The van der Waals surface area contributed by atoms with Gasteiger partial charge >= 0.3 is 6.36 Å². The van der Waals surface area contributed by atoms with E-state index in [1.807, 2.05) is 6.08 Å². The van der Waals surface area contributed by atoms with Gasteiger partial charge in [-0.15, -0.1) is 13.2 Å². The third-order valence-electron chi connectivity index (χ3n) is 3.08. The molecule has 19 heavy (non-hydrogen) atoms. The molecule has 1 aromatic rings. The zero-order valence-corrected chi connectivity index (χ0v) is 10.3. The summed E-state index contributed by atoms with van der Waals surface area (Å²) in [5, 5.41) is 10.3. The molecule has 0 saturated heterocycles. The lowest BCUT2D eigenvalue weighted by atomic mass is 9.85. The predicted octanol–water partition coefficient (Wildman–Crippen LogP) is 3.60. The Morgan fingerprint density at radius 2 is 1.89 bits per heavy atom. The summed E-state index contributed by atoms with van der Waals surface area (Å²) in [7, 11) is 0. The number of halogens is 3. The smallest absolute Gasteiger partial charge is 0.406 e. The Labute approximate surface area is 109 Å². The van der Waals surface area contributed by atoms with Gasteiger partial charge in [-0.25, -0.2) is 0 Å². The molecule has 0 heterocycles. The third-order valence-corrected chi connectivity index (χ3v) is 3.08. The van der Waals surface area contributed by atoms with Crippen LogP contribution in [0, 0.1) is 0 Å². The van der Waals surface area contributed by atoms with E-state index < -0.39 is 12.0 Å². The Hall–Kier alpha value is -1.49. The van der Waals surface area contributed by atoms with Crippen molar-refractivity contribution in [1.82, 2.24) is 0 Å². The molecule has 0 saturated carbocycles. The highest BCUT2D eigenvalue weighted by Crippen LogP contribution is 2.28. The van der Waals surface area contributed by atoms with Crippen molar-refractivity contribution in [3.63, 3.8) is 0 Å². The number of aliphatic hydroxyl groups is 1. The minimum absolute atomic E-state index is 0.248. The van der Waals surface area contributed by atoms with Crippen LogP contribution in [-0.2, 0) is 6.42 Å². The van der Waals surface area contributed by atoms with Crippen molar-refractivity contribution in [3.8, 4) is 5.75 Å². The molecule has 0 spiro atoms. The first-order valence-corrected chi connectivity index (χ1v) is 6.11. The van der Waals surface area contributed by atoms with Crippen LogP contribution < -0.4 is 4.74 Å². The van der Waals surface area contributed by atoms with Crippen molar-refractivity contribution in [2.24, 2.45) is 0 Å². The van der Waals surface area contributed by atoms with Gasteiger partial charge in [0.25, 0.3) is 0 Å². The molecule has 5 heteroatoms. The van der Waals surface area contributed by atoms with Crippen LogP contribution in [0.15, 0.2) is 36.4 Å². The molecule has 1 aliphatic carbocycles. The lowest BCUT2D eigenvalue weighted by molar-refractivity contribution is -0.274. The highest BCUT2D eigenvalue weighted by Gasteiger charge is 2.31. The first-order chi connectivity index (χ1) is 8.86. The van der Waals surface area contributed by atoms with Crippen molar-refractivity contribution in [1.29, 1.82) is 0 Å². The van der Waals surface area contributed by atoms with Crippen LogP contribution in [0.1, 0.15) is 24.8 Å². The summed E-state index contributed by atoms with van der Waals surface area (Å²) in [6.07, 6.45) is 1.98. The average Bonchev–Trinajstić information content (AvgIpc) is 2.30. The van der Waals surface area contributed by atoms with E-state index in [0.29, 0.717) is 12.8 Å². The molecule has 1 N–H and O–H groups in total. The number of hydrogen-bond acceptors (Lipinski definition) is 2. The number of alkyl halides is 3. The first-order valence-electron chi connectivity index (χ1n) is 6.11. The van der Waals surface area contributed by atoms with E-state index in [2.05, 4.69) is 4.74 Å². The maximum absolute atomic E-state index is 12.0. The molecule has 0 aliphatic heterocycles. The highest BCUT2D eigenvalue weighted by molar-refractivity contribution is 5.29. The Bertz CT molecular complexity index is 451. The van der Waals surface area contributed by atoms with Crippen molar-refractivity contribution >= 4 is 0 Å². The van der Waals surface area contributed by atoms with Gasteiger partial charge in [-0.2, -0.15) is 0 Å². The molecule has 1 unspecified atom stereocenters. The number of rotatable bonds is 3. The molecule has 2 rings (SSSR count). The molecule has 2 nitrogen and oxygen atoms in total. The zero-order chi connectivity index (χ0) is 13.9. The van der Waals surface area contributed by atoms with Gasteiger partial charge in [0.05, 0.1) is 5.60 Å². The molecule has 1 atom stereocenters. The summed E-state index contributed by atoms with van der Waals surface area (Å²) in [5.41, 5.74) is -0.103. The molecule has 0 amide bonds. The number of allylic oxidation sites excluding steroid dienone is 1. The van der Waals surface area contributed by atoms with Crippen LogP contribution in [-0.4, -0.2) is 17.1 Å². The van der Waals surface area contributed by atoms with Crippen LogP contribution in [0.3, 0.4) is 0 Å². The van der Waals surface area contributed by atoms with Gasteiger partial charge in [-0.1, -0.05) is 24.3 Å². The molecule has 0 fully saturated rings. The average molecular weight is 272 g/mol. The number of benzene rings is 1. The van der Waals surface area contributed by atoms with E-state index in [-0.39, 0.29) is 5.75 Å². The molecule has 1 aromatic carbocycles. The largest absolute Gasteiger partial charge is 0.573 e. The SMILES string of the molecule is OC1(Cc2ccc(OC(F)(F)F)cc2)C=CCCC1. The maximum Gasteiger partial charge on any atom is 0.573 e. The highest BCUT2D eigenvalue weighted by atomic mass is 19.4. The van der Waals surface area contributed by atoms with Gasteiger partial charge < -0.3 is 9.84 Å². The second-order valence-electron chi connectivity index (χ2n) is 4.77. The summed E-state index contributed by atoms with van der Waals surface area (Å²) in [4.78, 5) is 0. The molecule has 0 bridgehead atoms. The summed E-state index contributed by atoms with van der Waals surface area (Å²) in [5.74, 6) is -0.248. The first kappa shape index (κ1) is 13.9. The van der Waals surface area contributed by atoms with Crippen molar-refractivity contribution in [3.05, 3.63) is 42.0 Å². The van der Waals surface area contributed by atoms with Crippen LogP contribution >= 0.6 is 0 Å². The van der Waals surface area contributed by atoms with Crippen LogP contribution in [0.2, 0.25) is 0 Å². The predicted molar refractivity (Wildman–Crippen MR) is 64.8 cm³/mol. The standard InChI is InChI=1S/C14H15F3O2/c15-14(16,17)19-12-6-4-11(5-7-12)10-13(18)8-2-1-3-9-13/h2,4-8,18H,1,3,9-10H2. The Kier molecular flexibility index (Phi) is 3.85. The van der Waals surface area contributed by atoms with Gasteiger partial charge in [0, 0.05) is 6.42 Å². The van der Waals surface area contributed by atoms with Crippen LogP contribution in [0.25, 0.3) is 0 Å². The fourth-order valence-electron chi connectivity index (χ4n) is 2.22. The molecule has 104 valence electrons. The summed E-state index contributed by atoms with van der Waals surface area (Å²) in [6, 6.07) is 5.61. The summed E-state index contributed by atoms with van der Waals surface area (Å²) in [6.45, 7) is 0. The second kappa shape index (κ2) is 5.25. The van der Waals surface area contributed by atoms with E-state index in [0.717, 1.165) is 18.4 Å². The Morgan fingerprint density at radius 3 is 2.42 bits per heavy atom.